The third-order valence-electron chi connectivity index (χ3n) is 2.67. The van der Waals surface area contributed by atoms with Gasteiger partial charge in [-0.05, 0) is 30.0 Å². The van der Waals surface area contributed by atoms with Crippen LogP contribution < -0.4 is 5.73 Å². The van der Waals surface area contributed by atoms with Crippen molar-refractivity contribution < 1.29 is 0 Å². The third kappa shape index (κ3) is 1.67. The van der Waals surface area contributed by atoms with Crippen LogP contribution in [0.4, 0.5) is 5.69 Å². The van der Waals surface area contributed by atoms with Crippen molar-refractivity contribution in [3.63, 3.8) is 0 Å². The molecule has 0 aliphatic heterocycles. The van der Waals surface area contributed by atoms with Crippen LogP contribution in [0.15, 0.2) is 24.4 Å². The van der Waals surface area contributed by atoms with Crippen molar-refractivity contribution in [2.24, 2.45) is 0 Å². The summed E-state index contributed by atoms with van der Waals surface area (Å²) in [4.78, 5) is 4.36. The van der Waals surface area contributed by atoms with Gasteiger partial charge in [0.2, 0.25) is 0 Å². The molecule has 0 saturated heterocycles. The first-order valence-corrected chi connectivity index (χ1v) is 5.24. The van der Waals surface area contributed by atoms with Crippen LogP contribution in [0.25, 0.3) is 10.9 Å². The monoisotopic (exact) mass is 200 g/mol. The largest absolute Gasteiger partial charge is 0.397 e. The summed E-state index contributed by atoms with van der Waals surface area (Å²) in [6.07, 6.45) is 1.76. The third-order valence-corrected chi connectivity index (χ3v) is 2.67. The summed E-state index contributed by atoms with van der Waals surface area (Å²) in [5.41, 5.74) is 10.2. The second-order valence-electron chi connectivity index (χ2n) is 4.30. The number of benzene rings is 1. The van der Waals surface area contributed by atoms with Gasteiger partial charge in [0.05, 0.1) is 17.4 Å². The van der Waals surface area contributed by atoms with Gasteiger partial charge in [-0.3, -0.25) is 4.98 Å². The van der Waals surface area contributed by atoms with E-state index in [9.17, 15) is 0 Å². The maximum atomic E-state index is 5.96. The molecule has 2 aromatic rings. The van der Waals surface area contributed by atoms with Gasteiger partial charge in [0, 0.05) is 5.39 Å². The topological polar surface area (TPSA) is 38.9 Å². The molecule has 0 spiro atoms. The van der Waals surface area contributed by atoms with Gasteiger partial charge in [0.15, 0.2) is 0 Å². The molecule has 0 saturated carbocycles. The molecule has 78 valence electrons. The highest BCUT2D eigenvalue weighted by atomic mass is 14.7. The zero-order chi connectivity index (χ0) is 11.0. The summed E-state index contributed by atoms with van der Waals surface area (Å²) in [7, 11) is 0. The molecule has 0 fully saturated rings. The number of hydrogen-bond acceptors (Lipinski definition) is 2. The lowest BCUT2D eigenvalue weighted by atomic mass is 9.97. The molecule has 0 bridgehead atoms. The van der Waals surface area contributed by atoms with Gasteiger partial charge in [-0.2, -0.15) is 0 Å². The molecule has 2 heteroatoms. The van der Waals surface area contributed by atoms with Crippen LogP contribution in [0, 0.1) is 6.92 Å². The average Bonchev–Trinajstić information content (AvgIpc) is 2.17. The Kier molecular flexibility index (Phi) is 2.35. The number of fused-ring (bicyclic) bond motifs is 1. The summed E-state index contributed by atoms with van der Waals surface area (Å²) >= 11 is 0. The molecule has 2 rings (SSSR count). The van der Waals surface area contributed by atoms with Crippen molar-refractivity contribution in [1.29, 1.82) is 0 Å². The van der Waals surface area contributed by atoms with E-state index in [1.54, 1.807) is 6.20 Å². The molecule has 15 heavy (non-hydrogen) atoms. The fourth-order valence-corrected chi connectivity index (χ4v) is 1.98. The minimum absolute atomic E-state index is 0.429. The number of rotatable bonds is 1. The highest BCUT2D eigenvalue weighted by Gasteiger charge is 2.09. The fourth-order valence-electron chi connectivity index (χ4n) is 1.98. The molecule has 0 atom stereocenters. The van der Waals surface area contributed by atoms with Crippen LogP contribution in [0.3, 0.4) is 0 Å². The summed E-state index contributed by atoms with van der Waals surface area (Å²) in [6, 6.07) is 6.32. The number of aromatic nitrogens is 1. The average molecular weight is 200 g/mol. The van der Waals surface area contributed by atoms with Crippen LogP contribution in [0.1, 0.15) is 30.9 Å². The second-order valence-corrected chi connectivity index (χ2v) is 4.30. The van der Waals surface area contributed by atoms with Crippen molar-refractivity contribution >= 4 is 16.6 Å². The van der Waals surface area contributed by atoms with E-state index in [4.69, 9.17) is 5.73 Å². The van der Waals surface area contributed by atoms with Gasteiger partial charge in [-0.15, -0.1) is 0 Å². The Balaban J connectivity index is 2.82. The lowest BCUT2D eigenvalue weighted by Gasteiger charge is -2.12. The molecule has 0 amide bonds. The maximum Gasteiger partial charge on any atom is 0.0709 e. The Morgan fingerprint density at radius 3 is 2.67 bits per heavy atom. The smallest absolute Gasteiger partial charge is 0.0709 e. The first-order chi connectivity index (χ1) is 7.09. The Morgan fingerprint density at radius 2 is 2.00 bits per heavy atom. The Hall–Kier alpha value is -1.57. The number of hydrogen-bond donors (Lipinski definition) is 1. The Morgan fingerprint density at radius 1 is 1.27 bits per heavy atom. The van der Waals surface area contributed by atoms with Gasteiger partial charge < -0.3 is 5.73 Å². The number of pyridine rings is 1. The van der Waals surface area contributed by atoms with Crippen LogP contribution in [0.5, 0.6) is 0 Å². The van der Waals surface area contributed by atoms with Gasteiger partial charge in [-0.1, -0.05) is 26.0 Å². The predicted octanol–water partition coefficient (Wildman–Crippen LogP) is 3.25. The molecule has 1 heterocycles. The zero-order valence-corrected chi connectivity index (χ0v) is 9.41. The molecule has 1 aromatic heterocycles. The molecule has 1 aromatic carbocycles. The van der Waals surface area contributed by atoms with Crippen molar-refractivity contribution in [2.75, 3.05) is 5.73 Å². The predicted molar refractivity (Wildman–Crippen MR) is 65.0 cm³/mol. The van der Waals surface area contributed by atoms with Crippen LogP contribution in [0.2, 0.25) is 0 Å². The first-order valence-electron chi connectivity index (χ1n) is 5.24. The number of nitrogen functional groups attached to an aromatic ring is 1. The molecule has 2 nitrogen and oxygen atoms in total. The normalized spacial score (nSPS) is 11.2. The van der Waals surface area contributed by atoms with Gasteiger partial charge in [-0.25, -0.2) is 0 Å². The lowest BCUT2D eigenvalue weighted by molar-refractivity contribution is 0.877. The number of nitrogens with two attached hydrogens (primary N) is 1. The molecular weight excluding hydrogens is 184 g/mol. The van der Waals surface area contributed by atoms with E-state index in [1.807, 2.05) is 0 Å². The first kappa shape index (κ1) is 9.97. The molecule has 0 aliphatic rings. The van der Waals surface area contributed by atoms with E-state index in [-0.39, 0.29) is 0 Å². The van der Waals surface area contributed by atoms with E-state index < -0.39 is 0 Å². The standard InChI is InChI=1S/C13H16N2/c1-8(2)13-10-5-4-9(3)6-12(10)15-7-11(13)14/h4-8H,14H2,1-3H3. The zero-order valence-electron chi connectivity index (χ0n) is 9.41. The Bertz CT molecular complexity index is 501. The quantitative estimate of drug-likeness (QED) is 0.767. The fraction of sp³-hybridized carbons (Fsp3) is 0.308. The second kappa shape index (κ2) is 3.54. The van der Waals surface area contributed by atoms with Crippen LogP contribution in [-0.2, 0) is 0 Å². The minimum atomic E-state index is 0.429. The molecule has 0 radical (unpaired) electrons. The minimum Gasteiger partial charge on any atom is -0.397 e. The van der Waals surface area contributed by atoms with Crippen molar-refractivity contribution in [1.82, 2.24) is 4.98 Å². The van der Waals surface area contributed by atoms with Gasteiger partial charge >= 0.3 is 0 Å². The van der Waals surface area contributed by atoms with Crippen molar-refractivity contribution in [2.45, 2.75) is 26.7 Å². The Labute approximate surface area is 90.1 Å². The van der Waals surface area contributed by atoms with E-state index in [0.717, 1.165) is 11.2 Å². The van der Waals surface area contributed by atoms with Crippen molar-refractivity contribution in [3.8, 4) is 0 Å². The SMILES string of the molecule is Cc1ccc2c(C(C)C)c(N)cnc2c1. The highest BCUT2D eigenvalue weighted by Crippen LogP contribution is 2.29. The van der Waals surface area contributed by atoms with Crippen molar-refractivity contribution in [3.05, 3.63) is 35.5 Å². The number of nitrogens with zero attached hydrogens (tertiary/aromatic N) is 1. The lowest BCUT2D eigenvalue weighted by Crippen LogP contribution is -1.99. The molecule has 0 unspecified atom stereocenters. The van der Waals surface area contributed by atoms with E-state index in [0.29, 0.717) is 5.92 Å². The van der Waals surface area contributed by atoms with Gasteiger partial charge in [0.1, 0.15) is 0 Å². The van der Waals surface area contributed by atoms with Gasteiger partial charge in [0.25, 0.3) is 0 Å². The molecular formula is C13H16N2. The number of anilines is 1. The summed E-state index contributed by atoms with van der Waals surface area (Å²) < 4.78 is 0. The molecule has 0 aliphatic carbocycles. The van der Waals surface area contributed by atoms with Crippen LogP contribution in [-0.4, -0.2) is 4.98 Å². The van der Waals surface area contributed by atoms with E-state index in [1.165, 1.54) is 16.5 Å². The number of aryl methyl sites for hydroxylation is 1. The summed E-state index contributed by atoms with van der Waals surface area (Å²) in [5, 5.41) is 1.18. The molecule has 2 N–H and O–H groups in total. The van der Waals surface area contributed by atoms with E-state index >= 15 is 0 Å². The van der Waals surface area contributed by atoms with Crippen LogP contribution >= 0.6 is 0 Å². The maximum absolute atomic E-state index is 5.96. The van der Waals surface area contributed by atoms with E-state index in [2.05, 4.69) is 44.0 Å². The summed E-state index contributed by atoms with van der Waals surface area (Å²) in [6.45, 7) is 6.39. The highest BCUT2D eigenvalue weighted by molar-refractivity contribution is 5.87. The summed E-state index contributed by atoms with van der Waals surface area (Å²) in [5.74, 6) is 0.429.